The van der Waals surface area contributed by atoms with Crippen LogP contribution in [0, 0.1) is 0 Å². The molecule has 1 aliphatic heterocycles. The molecule has 1 fully saturated rings. The van der Waals surface area contributed by atoms with Gasteiger partial charge in [-0.25, -0.2) is 10.4 Å². The minimum Gasteiger partial charge on any atom is -0.370 e. The molecule has 1 saturated heterocycles. The number of rotatable bonds is 18. The number of aldehydes is 2. The number of carbonyl (C=O) groups excluding carboxylic acids is 4. The van der Waals surface area contributed by atoms with Gasteiger partial charge in [0.2, 0.25) is 5.91 Å². The fourth-order valence-electron chi connectivity index (χ4n) is 3.70. The van der Waals surface area contributed by atoms with Gasteiger partial charge >= 0.3 is 0 Å². The van der Waals surface area contributed by atoms with E-state index in [0.717, 1.165) is 24.7 Å². The van der Waals surface area contributed by atoms with Crippen molar-refractivity contribution in [2.75, 3.05) is 30.9 Å². The Morgan fingerprint density at radius 2 is 1.94 bits per heavy atom. The van der Waals surface area contributed by atoms with E-state index < -0.39 is 30.2 Å². The van der Waals surface area contributed by atoms with Crippen molar-refractivity contribution in [3.63, 3.8) is 0 Å². The van der Waals surface area contributed by atoms with Gasteiger partial charge in [-0.2, -0.15) is 24.4 Å². The molecule has 1 heterocycles. The first-order valence-corrected chi connectivity index (χ1v) is 13.5. The average Bonchev–Trinajstić information content (AvgIpc) is 3.28. The lowest BCUT2D eigenvalue weighted by Gasteiger charge is -2.30. The molecular formula is C21H39N7O4S2. The number of nitrogens with one attached hydrogen (secondary N) is 3. The smallest absolute Gasteiger partial charge is 0.238 e. The van der Waals surface area contributed by atoms with E-state index in [1.807, 2.05) is 6.26 Å². The Kier molecular flexibility index (Phi) is 15.1. The summed E-state index contributed by atoms with van der Waals surface area (Å²) in [6, 6.07) is -2.79. The molecule has 0 radical (unpaired) electrons. The molecular weight excluding hydrogens is 478 g/mol. The summed E-state index contributed by atoms with van der Waals surface area (Å²) in [5, 5.41) is 7.56. The predicted molar refractivity (Wildman–Crippen MR) is 139 cm³/mol. The summed E-state index contributed by atoms with van der Waals surface area (Å²) in [5.74, 6) is 0.489. The topological polar surface area (TPSA) is 172 Å². The monoisotopic (exact) mass is 517 g/mol. The van der Waals surface area contributed by atoms with E-state index in [9.17, 15) is 19.2 Å². The van der Waals surface area contributed by atoms with Gasteiger partial charge < -0.3 is 26.4 Å². The fraction of sp³-hybridized carbons (Fsp3) is 0.762. The first kappa shape index (κ1) is 30.4. The summed E-state index contributed by atoms with van der Waals surface area (Å²) in [4.78, 5) is 52.5. The molecule has 0 spiro atoms. The molecule has 0 aromatic heterocycles. The molecule has 34 heavy (non-hydrogen) atoms. The standard InChI is InChI=1S/C21H39N7O4S2/c1-14(25-17(13-33)20(32)26-15(11-29)7-10-34-2)19(31)18-6-4-9-28(18)27-16(12-30)5-3-8-24-21(22)23/h11-12,14-18,25,27,33H,3-10,13H2,1-2H3,(H,26,32)(H4,22,23,24)/t14?,15-,16-,17-,18-/m0/s1. The van der Waals surface area contributed by atoms with Crippen molar-refractivity contribution < 1.29 is 19.2 Å². The Morgan fingerprint density at radius 1 is 1.24 bits per heavy atom. The van der Waals surface area contributed by atoms with Crippen LogP contribution in [0.2, 0.25) is 0 Å². The van der Waals surface area contributed by atoms with Crippen molar-refractivity contribution in [3.8, 4) is 0 Å². The molecule has 0 bridgehead atoms. The molecule has 5 atom stereocenters. The average molecular weight is 518 g/mol. The van der Waals surface area contributed by atoms with Gasteiger partial charge in [-0.3, -0.25) is 19.9 Å². The molecule has 1 aliphatic rings. The summed E-state index contributed by atoms with van der Waals surface area (Å²) in [6.07, 6.45) is 6.62. The second kappa shape index (κ2) is 16.9. The SMILES string of the molecule is CSCC[C@@H](C=O)NC(=O)[C@H](CS)NC(C)C(=O)[C@@H]1CCCN1N[C@H](C=O)CCCN=C(N)N. The normalized spacial score (nSPS) is 19.6. The number of hydrogen-bond donors (Lipinski definition) is 6. The Balaban J connectivity index is 2.65. The van der Waals surface area contributed by atoms with Crippen LogP contribution in [0.25, 0.3) is 0 Å². The zero-order valence-electron chi connectivity index (χ0n) is 19.9. The van der Waals surface area contributed by atoms with Crippen LogP contribution in [0.5, 0.6) is 0 Å². The number of hydrazine groups is 1. The van der Waals surface area contributed by atoms with Crippen LogP contribution in [0.3, 0.4) is 0 Å². The summed E-state index contributed by atoms with van der Waals surface area (Å²) in [7, 11) is 0. The first-order valence-electron chi connectivity index (χ1n) is 11.5. The number of carbonyl (C=O) groups is 4. The number of guanidine groups is 1. The van der Waals surface area contributed by atoms with E-state index in [0.29, 0.717) is 38.8 Å². The van der Waals surface area contributed by atoms with Crippen LogP contribution >= 0.6 is 24.4 Å². The van der Waals surface area contributed by atoms with E-state index in [-0.39, 0.29) is 23.4 Å². The lowest BCUT2D eigenvalue weighted by Crippen LogP contribution is -2.57. The Bertz CT molecular complexity index is 694. The number of hydrogen-bond acceptors (Lipinski definition) is 10. The quantitative estimate of drug-likeness (QED) is 0.0429. The van der Waals surface area contributed by atoms with E-state index >= 15 is 0 Å². The Labute approximate surface area is 211 Å². The third-order valence-electron chi connectivity index (χ3n) is 5.55. The summed E-state index contributed by atoms with van der Waals surface area (Å²) in [5.41, 5.74) is 13.8. The molecule has 0 aromatic rings. The van der Waals surface area contributed by atoms with Gasteiger partial charge in [0.05, 0.1) is 30.2 Å². The van der Waals surface area contributed by atoms with Crippen molar-refractivity contribution in [2.24, 2.45) is 16.5 Å². The number of amides is 1. The van der Waals surface area contributed by atoms with Gasteiger partial charge in [0.1, 0.15) is 12.6 Å². The van der Waals surface area contributed by atoms with Crippen LogP contribution in [0.1, 0.15) is 39.0 Å². The van der Waals surface area contributed by atoms with Gasteiger partial charge in [0, 0.05) is 18.8 Å². The summed E-state index contributed by atoms with van der Waals surface area (Å²) in [6.45, 7) is 2.77. The highest BCUT2D eigenvalue weighted by atomic mass is 32.2. The maximum absolute atomic E-state index is 13.2. The van der Waals surface area contributed by atoms with Crippen molar-refractivity contribution in [3.05, 3.63) is 0 Å². The van der Waals surface area contributed by atoms with Crippen LogP contribution in [0.4, 0.5) is 0 Å². The minimum atomic E-state index is -0.722. The number of Topliss-reactive ketones (excluding diaryl/α,β-unsaturated/α-hetero) is 1. The molecule has 0 aliphatic carbocycles. The number of aliphatic imine (C=N–C) groups is 1. The Hall–Kier alpha value is -1.67. The molecule has 7 N–H and O–H groups in total. The zero-order valence-corrected chi connectivity index (χ0v) is 21.7. The third kappa shape index (κ3) is 10.7. The molecule has 0 saturated carbocycles. The van der Waals surface area contributed by atoms with Crippen molar-refractivity contribution in [1.29, 1.82) is 0 Å². The Morgan fingerprint density at radius 3 is 2.53 bits per heavy atom. The third-order valence-corrected chi connectivity index (χ3v) is 6.56. The van der Waals surface area contributed by atoms with Gasteiger partial charge in [-0.15, -0.1) is 0 Å². The number of thioether (sulfide) groups is 1. The molecule has 1 rings (SSSR count). The van der Waals surface area contributed by atoms with E-state index in [2.05, 4.69) is 33.7 Å². The highest BCUT2D eigenvalue weighted by Gasteiger charge is 2.35. The van der Waals surface area contributed by atoms with Crippen molar-refractivity contribution in [2.45, 2.75) is 69.2 Å². The second-order valence-electron chi connectivity index (χ2n) is 8.23. The van der Waals surface area contributed by atoms with Crippen LogP contribution < -0.4 is 27.5 Å². The fourth-order valence-corrected chi connectivity index (χ4v) is 4.46. The molecule has 1 amide bonds. The molecule has 13 heteroatoms. The molecule has 11 nitrogen and oxygen atoms in total. The number of thiol groups is 1. The highest BCUT2D eigenvalue weighted by molar-refractivity contribution is 7.98. The van der Waals surface area contributed by atoms with Crippen molar-refractivity contribution >= 4 is 54.6 Å². The van der Waals surface area contributed by atoms with Crippen LogP contribution in [-0.4, -0.2) is 96.3 Å². The van der Waals surface area contributed by atoms with E-state index in [4.69, 9.17) is 11.5 Å². The predicted octanol–water partition coefficient (Wildman–Crippen LogP) is -1.14. The molecule has 0 aromatic carbocycles. The summed E-state index contributed by atoms with van der Waals surface area (Å²) >= 11 is 5.84. The van der Waals surface area contributed by atoms with Gasteiger partial charge in [0.25, 0.3) is 0 Å². The maximum Gasteiger partial charge on any atom is 0.238 e. The second-order valence-corrected chi connectivity index (χ2v) is 9.58. The van der Waals surface area contributed by atoms with Crippen LogP contribution in [0.15, 0.2) is 4.99 Å². The zero-order chi connectivity index (χ0) is 25.5. The number of nitrogens with zero attached hydrogens (tertiary/aromatic N) is 2. The molecule has 194 valence electrons. The largest absolute Gasteiger partial charge is 0.370 e. The van der Waals surface area contributed by atoms with Crippen molar-refractivity contribution in [1.82, 2.24) is 21.1 Å². The summed E-state index contributed by atoms with van der Waals surface area (Å²) < 4.78 is 0. The number of nitrogens with two attached hydrogens (primary N) is 2. The lowest BCUT2D eigenvalue weighted by molar-refractivity contribution is -0.129. The maximum atomic E-state index is 13.2. The number of ketones is 1. The van der Waals surface area contributed by atoms with Gasteiger partial charge in [0.15, 0.2) is 11.7 Å². The molecule has 1 unspecified atom stereocenters. The lowest BCUT2D eigenvalue weighted by atomic mass is 10.0. The highest BCUT2D eigenvalue weighted by Crippen LogP contribution is 2.18. The van der Waals surface area contributed by atoms with Gasteiger partial charge in [-0.05, 0) is 51.0 Å². The van der Waals surface area contributed by atoms with E-state index in [1.54, 1.807) is 23.7 Å². The van der Waals surface area contributed by atoms with Crippen LogP contribution in [-0.2, 0) is 19.2 Å². The van der Waals surface area contributed by atoms with Gasteiger partial charge in [-0.1, -0.05) is 0 Å². The first-order chi connectivity index (χ1) is 16.3. The van der Waals surface area contributed by atoms with E-state index in [1.165, 1.54) is 0 Å². The minimum absolute atomic E-state index is 0.0112.